The highest BCUT2D eigenvalue weighted by Gasteiger charge is 2.43. The van der Waals surface area contributed by atoms with E-state index in [2.05, 4.69) is 31.2 Å². The van der Waals surface area contributed by atoms with Crippen LogP contribution < -0.4 is 5.32 Å². The summed E-state index contributed by atoms with van der Waals surface area (Å²) in [5.74, 6) is 0.594. The van der Waals surface area contributed by atoms with Gasteiger partial charge in [0, 0.05) is 13.1 Å². The third kappa shape index (κ3) is 4.77. The number of nitrogens with zero attached hydrogens (tertiary/aromatic N) is 1. The lowest BCUT2D eigenvalue weighted by Crippen LogP contribution is -2.56. The molecule has 1 N–H and O–H groups in total. The molecule has 0 radical (unpaired) electrons. The molecule has 1 aliphatic carbocycles. The lowest BCUT2D eigenvalue weighted by molar-refractivity contribution is -0.153. The molecule has 1 aliphatic rings. The molecule has 1 rings (SSSR count). The first-order valence-electron chi connectivity index (χ1n) is 7.61. The standard InChI is InChI=1S/C15H30N2O2/c1-5-13-8-7-9-15(12-13,14(18)19-6-2)16-10-11-17(3)4/h13,16H,5-12H2,1-4H3. The summed E-state index contributed by atoms with van der Waals surface area (Å²) in [7, 11) is 4.10. The van der Waals surface area contributed by atoms with Crippen LogP contribution in [0.5, 0.6) is 0 Å². The van der Waals surface area contributed by atoms with E-state index in [1.165, 1.54) is 6.42 Å². The van der Waals surface area contributed by atoms with Crippen LogP contribution in [0.1, 0.15) is 46.0 Å². The smallest absolute Gasteiger partial charge is 0.326 e. The van der Waals surface area contributed by atoms with Crippen molar-refractivity contribution in [3.8, 4) is 0 Å². The van der Waals surface area contributed by atoms with E-state index < -0.39 is 5.54 Å². The monoisotopic (exact) mass is 270 g/mol. The Balaban J connectivity index is 2.68. The summed E-state index contributed by atoms with van der Waals surface area (Å²) in [4.78, 5) is 14.5. The summed E-state index contributed by atoms with van der Waals surface area (Å²) in [5, 5.41) is 3.50. The zero-order valence-electron chi connectivity index (χ0n) is 13.0. The van der Waals surface area contributed by atoms with Crippen LogP contribution in [0.3, 0.4) is 0 Å². The van der Waals surface area contributed by atoms with Crippen LogP contribution in [-0.4, -0.2) is 50.2 Å². The van der Waals surface area contributed by atoms with Crippen molar-refractivity contribution in [2.24, 2.45) is 5.92 Å². The van der Waals surface area contributed by atoms with E-state index in [1.54, 1.807) is 0 Å². The summed E-state index contributed by atoms with van der Waals surface area (Å²) >= 11 is 0. The molecule has 0 aliphatic heterocycles. The first-order chi connectivity index (χ1) is 9.04. The van der Waals surface area contributed by atoms with Crippen molar-refractivity contribution >= 4 is 5.97 Å². The van der Waals surface area contributed by atoms with Gasteiger partial charge in [0.1, 0.15) is 5.54 Å². The summed E-state index contributed by atoms with van der Waals surface area (Å²) < 4.78 is 5.32. The highest BCUT2D eigenvalue weighted by molar-refractivity contribution is 5.81. The summed E-state index contributed by atoms with van der Waals surface area (Å²) in [6.45, 7) is 6.34. The number of rotatable bonds is 7. The Bertz CT molecular complexity index is 281. The number of esters is 1. The summed E-state index contributed by atoms with van der Waals surface area (Å²) in [6, 6.07) is 0. The van der Waals surface area contributed by atoms with Gasteiger partial charge in [0.25, 0.3) is 0 Å². The Morgan fingerprint density at radius 3 is 2.74 bits per heavy atom. The largest absolute Gasteiger partial charge is 0.465 e. The van der Waals surface area contributed by atoms with Gasteiger partial charge in [-0.25, -0.2) is 0 Å². The molecule has 1 fully saturated rings. The van der Waals surface area contributed by atoms with Crippen molar-refractivity contribution in [2.45, 2.75) is 51.5 Å². The normalized spacial score (nSPS) is 27.5. The van der Waals surface area contributed by atoms with Crippen LogP contribution in [0.2, 0.25) is 0 Å². The maximum atomic E-state index is 12.4. The maximum Gasteiger partial charge on any atom is 0.326 e. The van der Waals surface area contributed by atoms with Crippen LogP contribution in [0.4, 0.5) is 0 Å². The molecule has 0 aromatic heterocycles. The molecule has 0 aromatic carbocycles. The van der Waals surface area contributed by atoms with E-state index in [0.717, 1.165) is 38.8 Å². The number of hydrogen-bond donors (Lipinski definition) is 1. The van der Waals surface area contributed by atoms with Crippen LogP contribution in [0, 0.1) is 5.92 Å². The highest BCUT2D eigenvalue weighted by atomic mass is 16.5. The lowest BCUT2D eigenvalue weighted by atomic mass is 9.74. The number of nitrogens with one attached hydrogen (secondary N) is 1. The van der Waals surface area contributed by atoms with Gasteiger partial charge >= 0.3 is 5.97 Å². The average Bonchev–Trinajstić information content (AvgIpc) is 2.38. The number of ether oxygens (including phenoxy) is 1. The Morgan fingerprint density at radius 2 is 2.16 bits per heavy atom. The van der Waals surface area contributed by atoms with Gasteiger partial charge < -0.3 is 15.0 Å². The molecule has 1 saturated carbocycles. The van der Waals surface area contributed by atoms with Gasteiger partial charge in [-0.15, -0.1) is 0 Å². The first-order valence-corrected chi connectivity index (χ1v) is 7.61. The SMILES string of the molecule is CCOC(=O)C1(NCCN(C)C)CCCC(CC)C1. The molecule has 0 amide bonds. The van der Waals surface area contributed by atoms with E-state index >= 15 is 0 Å². The topological polar surface area (TPSA) is 41.6 Å². The van der Waals surface area contributed by atoms with Crippen LogP contribution in [0.15, 0.2) is 0 Å². The zero-order chi connectivity index (χ0) is 14.3. The van der Waals surface area contributed by atoms with Gasteiger partial charge in [0.2, 0.25) is 0 Å². The fourth-order valence-electron chi connectivity index (χ4n) is 2.94. The molecule has 0 spiro atoms. The Labute approximate surface area is 117 Å². The van der Waals surface area contributed by atoms with Crippen molar-refractivity contribution in [1.29, 1.82) is 0 Å². The number of carbonyl (C=O) groups excluding carboxylic acids is 1. The predicted molar refractivity (Wildman–Crippen MR) is 78.2 cm³/mol. The molecule has 112 valence electrons. The van der Waals surface area contributed by atoms with Gasteiger partial charge in [-0.1, -0.05) is 26.2 Å². The molecule has 0 bridgehead atoms. The molecule has 4 nitrogen and oxygen atoms in total. The maximum absolute atomic E-state index is 12.4. The third-order valence-electron chi connectivity index (χ3n) is 4.12. The Hall–Kier alpha value is -0.610. The quantitative estimate of drug-likeness (QED) is 0.719. The molecule has 19 heavy (non-hydrogen) atoms. The summed E-state index contributed by atoms with van der Waals surface area (Å²) in [6.07, 6.45) is 5.35. The Kier molecular flexibility index (Phi) is 6.80. The molecule has 2 unspecified atom stereocenters. The fraction of sp³-hybridized carbons (Fsp3) is 0.933. The fourth-order valence-corrected chi connectivity index (χ4v) is 2.94. The van der Waals surface area contributed by atoms with Gasteiger partial charge in [0.05, 0.1) is 6.61 Å². The van der Waals surface area contributed by atoms with Crippen LogP contribution >= 0.6 is 0 Å². The van der Waals surface area contributed by atoms with Gasteiger partial charge in [-0.05, 0) is 39.8 Å². The second-order valence-electron chi connectivity index (χ2n) is 5.90. The molecular formula is C15H30N2O2. The molecule has 2 atom stereocenters. The van der Waals surface area contributed by atoms with Crippen molar-refractivity contribution in [3.05, 3.63) is 0 Å². The van der Waals surface area contributed by atoms with Crippen LogP contribution in [0.25, 0.3) is 0 Å². The Morgan fingerprint density at radius 1 is 1.42 bits per heavy atom. The van der Waals surface area contributed by atoms with Crippen molar-refractivity contribution < 1.29 is 9.53 Å². The third-order valence-corrected chi connectivity index (χ3v) is 4.12. The number of likely N-dealkylation sites (N-methyl/N-ethyl adjacent to an activating group) is 1. The average molecular weight is 270 g/mol. The van der Waals surface area contributed by atoms with Gasteiger partial charge in [-0.2, -0.15) is 0 Å². The predicted octanol–water partition coefficient (Wildman–Crippen LogP) is 2.04. The van der Waals surface area contributed by atoms with Crippen molar-refractivity contribution in [2.75, 3.05) is 33.8 Å². The summed E-state index contributed by atoms with van der Waals surface area (Å²) in [5.41, 5.74) is -0.440. The highest BCUT2D eigenvalue weighted by Crippen LogP contribution is 2.35. The molecule has 0 heterocycles. The van der Waals surface area contributed by atoms with E-state index in [1.807, 2.05) is 6.92 Å². The van der Waals surface area contributed by atoms with Crippen molar-refractivity contribution in [3.63, 3.8) is 0 Å². The van der Waals surface area contributed by atoms with E-state index in [0.29, 0.717) is 12.5 Å². The second kappa shape index (κ2) is 7.85. The van der Waals surface area contributed by atoms with E-state index in [9.17, 15) is 4.79 Å². The number of hydrogen-bond acceptors (Lipinski definition) is 4. The van der Waals surface area contributed by atoms with E-state index in [-0.39, 0.29) is 5.97 Å². The molecule has 0 aromatic rings. The first kappa shape index (κ1) is 16.4. The second-order valence-corrected chi connectivity index (χ2v) is 5.90. The van der Waals surface area contributed by atoms with Gasteiger partial charge in [-0.3, -0.25) is 4.79 Å². The van der Waals surface area contributed by atoms with Crippen molar-refractivity contribution in [1.82, 2.24) is 10.2 Å². The lowest BCUT2D eigenvalue weighted by Gasteiger charge is -2.39. The molecule has 0 saturated heterocycles. The van der Waals surface area contributed by atoms with Gasteiger partial charge in [0.15, 0.2) is 0 Å². The number of carbonyl (C=O) groups is 1. The van der Waals surface area contributed by atoms with Crippen LogP contribution in [-0.2, 0) is 9.53 Å². The minimum Gasteiger partial charge on any atom is -0.465 e. The van der Waals surface area contributed by atoms with E-state index in [4.69, 9.17) is 4.74 Å². The minimum absolute atomic E-state index is 0.0492. The minimum atomic E-state index is -0.440. The molecular weight excluding hydrogens is 240 g/mol. The molecule has 4 heteroatoms. The zero-order valence-corrected chi connectivity index (χ0v) is 13.0.